The van der Waals surface area contributed by atoms with E-state index in [-0.39, 0.29) is 0 Å². The van der Waals surface area contributed by atoms with E-state index >= 15 is 0 Å². The smallest absolute Gasteiger partial charge is 0.0816 e. The zero-order valence-corrected chi connectivity index (χ0v) is 9.47. The van der Waals surface area contributed by atoms with Gasteiger partial charge in [0, 0.05) is 23.3 Å². The highest BCUT2D eigenvalue weighted by Crippen LogP contribution is 2.33. The molecule has 13 heavy (non-hydrogen) atoms. The summed E-state index contributed by atoms with van der Waals surface area (Å²) in [6, 6.07) is 5.83. The van der Waals surface area contributed by atoms with Crippen LogP contribution in [0.5, 0.6) is 0 Å². The number of benzene rings is 1. The fourth-order valence-corrected chi connectivity index (χ4v) is 2.57. The Labute approximate surface area is 92.1 Å². The summed E-state index contributed by atoms with van der Waals surface area (Å²) in [5, 5.41) is 0.764. The number of anilines is 1. The summed E-state index contributed by atoms with van der Waals surface area (Å²) in [7, 11) is 2.05. The molecule has 1 nitrogen and oxygen atoms in total. The van der Waals surface area contributed by atoms with Gasteiger partial charge in [-0.2, -0.15) is 0 Å². The van der Waals surface area contributed by atoms with Crippen LogP contribution in [0, 0.1) is 0 Å². The van der Waals surface area contributed by atoms with Crippen LogP contribution in [0.15, 0.2) is 18.2 Å². The normalized spacial score (nSPS) is 15.8. The zero-order chi connectivity index (χ0) is 9.42. The van der Waals surface area contributed by atoms with Gasteiger partial charge in [0.25, 0.3) is 0 Å². The maximum Gasteiger partial charge on any atom is 0.0816 e. The molecule has 0 saturated carbocycles. The fraction of sp³-hybridized carbons (Fsp3) is 0.222. The number of hydrogen-bond donors (Lipinski definition) is 0. The van der Waals surface area contributed by atoms with E-state index in [4.69, 9.17) is 23.8 Å². The summed E-state index contributed by atoms with van der Waals surface area (Å²) in [5.41, 5.74) is 2.26. The van der Waals surface area contributed by atoms with Crippen LogP contribution in [0.3, 0.4) is 0 Å². The molecule has 0 spiro atoms. The Bertz CT molecular complexity index is 365. The van der Waals surface area contributed by atoms with Crippen molar-refractivity contribution < 1.29 is 0 Å². The van der Waals surface area contributed by atoms with Crippen LogP contribution in [0.4, 0.5) is 5.69 Å². The molecular weight excluding hydrogens is 222 g/mol. The maximum atomic E-state index is 5.91. The Kier molecular flexibility index (Phi) is 2.49. The van der Waals surface area contributed by atoms with Crippen molar-refractivity contribution in [2.45, 2.75) is 0 Å². The highest BCUT2D eigenvalue weighted by molar-refractivity contribution is 8.23. The first-order chi connectivity index (χ1) is 6.18. The minimum Gasteiger partial charge on any atom is -0.364 e. The molecule has 0 amide bonds. The molecule has 68 valence electrons. The molecule has 1 aliphatic heterocycles. The predicted octanol–water partition coefficient (Wildman–Crippen LogP) is 3.16. The van der Waals surface area contributed by atoms with Crippen molar-refractivity contribution >= 4 is 45.5 Å². The summed E-state index contributed by atoms with van der Waals surface area (Å²) >= 11 is 12.9. The number of thiocarbonyl (C=S) groups is 1. The van der Waals surface area contributed by atoms with Crippen molar-refractivity contribution in [1.82, 2.24) is 0 Å². The first-order valence-corrected chi connectivity index (χ1v) is 5.63. The Morgan fingerprint density at radius 3 is 3.08 bits per heavy atom. The second-order valence-electron chi connectivity index (χ2n) is 2.92. The predicted molar refractivity (Wildman–Crippen MR) is 64.0 cm³/mol. The SMILES string of the molecule is CN1CSC(=S)c2ccc(Cl)cc21. The highest BCUT2D eigenvalue weighted by atomic mass is 35.5. The average Bonchev–Trinajstić information content (AvgIpc) is 2.12. The Morgan fingerprint density at radius 2 is 2.31 bits per heavy atom. The molecule has 0 saturated heterocycles. The second kappa shape index (κ2) is 3.48. The molecule has 0 aliphatic carbocycles. The lowest BCUT2D eigenvalue weighted by Gasteiger charge is -2.27. The third kappa shape index (κ3) is 1.68. The van der Waals surface area contributed by atoms with Crippen molar-refractivity contribution in [2.75, 3.05) is 17.8 Å². The molecule has 1 heterocycles. The van der Waals surface area contributed by atoms with Gasteiger partial charge in [-0.3, -0.25) is 0 Å². The van der Waals surface area contributed by atoms with Crippen LogP contribution in [-0.2, 0) is 0 Å². The molecular formula is C9H8ClNS2. The fourth-order valence-electron chi connectivity index (χ4n) is 1.30. The van der Waals surface area contributed by atoms with Crippen LogP contribution in [-0.4, -0.2) is 17.1 Å². The number of thioether (sulfide) groups is 1. The van der Waals surface area contributed by atoms with Gasteiger partial charge >= 0.3 is 0 Å². The molecule has 4 heteroatoms. The Hall–Kier alpha value is -0.250. The van der Waals surface area contributed by atoms with Crippen molar-refractivity contribution in [3.63, 3.8) is 0 Å². The molecule has 1 aliphatic rings. The number of halogens is 1. The van der Waals surface area contributed by atoms with E-state index in [0.29, 0.717) is 0 Å². The molecule has 0 atom stereocenters. The summed E-state index contributed by atoms with van der Waals surface area (Å²) < 4.78 is 0.963. The summed E-state index contributed by atoms with van der Waals surface area (Å²) in [5.74, 6) is 0.909. The van der Waals surface area contributed by atoms with E-state index in [1.54, 1.807) is 11.8 Å². The van der Waals surface area contributed by atoms with Gasteiger partial charge in [0.15, 0.2) is 0 Å². The van der Waals surface area contributed by atoms with Gasteiger partial charge in [-0.15, -0.1) is 0 Å². The first kappa shape index (κ1) is 9.31. The molecule has 0 aromatic heterocycles. The van der Waals surface area contributed by atoms with E-state index in [2.05, 4.69) is 4.90 Å². The van der Waals surface area contributed by atoms with Gasteiger partial charge in [0.05, 0.1) is 10.1 Å². The van der Waals surface area contributed by atoms with Gasteiger partial charge < -0.3 is 4.90 Å². The number of hydrogen-bond acceptors (Lipinski definition) is 3. The van der Waals surface area contributed by atoms with Gasteiger partial charge in [-0.25, -0.2) is 0 Å². The largest absolute Gasteiger partial charge is 0.364 e. The quantitative estimate of drug-likeness (QED) is 0.630. The summed E-state index contributed by atoms with van der Waals surface area (Å²) in [6.07, 6.45) is 0. The van der Waals surface area contributed by atoms with Crippen molar-refractivity contribution in [1.29, 1.82) is 0 Å². The van der Waals surface area contributed by atoms with Crippen LogP contribution in [0.25, 0.3) is 0 Å². The number of nitrogens with zero attached hydrogens (tertiary/aromatic N) is 1. The molecule has 0 bridgehead atoms. The van der Waals surface area contributed by atoms with Crippen LogP contribution < -0.4 is 4.90 Å². The third-order valence-electron chi connectivity index (χ3n) is 1.98. The number of fused-ring (bicyclic) bond motifs is 1. The van der Waals surface area contributed by atoms with Gasteiger partial charge in [-0.1, -0.05) is 35.6 Å². The van der Waals surface area contributed by atoms with Crippen LogP contribution in [0.1, 0.15) is 5.56 Å². The van der Waals surface area contributed by atoms with E-state index < -0.39 is 0 Å². The minimum absolute atomic E-state index is 0.764. The topological polar surface area (TPSA) is 3.24 Å². The first-order valence-electron chi connectivity index (χ1n) is 3.86. The molecule has 2 rings (SSSR count). The van der Waals surface area contributed by atoms with Crippen LogP contribution in [0.2, 0.25) is 5.02 Å². The van der Waals surface area contributed by atoms with Gasteiger partial charge in [-0.05, 0) is 18.2 Å². The average molecular weight is 230 g/mol. The molecule has 0 radical (unpaired) electrons. The second-order valence-corrected chi connectivity index (χ2v) is 4.98. The van der Waals surface area contributed by atoms with E-state index in [0.717, 1.165) is 26.3 Å². The lowest BCUT2D eigenvalue weighted by molar-refractivity contribution is 1.09. The third-order valence-corrected chi connectivity index (χ3v) is 3.79. The monoisotopic (exact) mass is 229 g/mol. The lowest BCUT2D eigenvalue weighted by atomic mass is 10.2. The summed E-state index contributed by atoms with van der Waals surface area (Å²) in [4.78, 5) is 2.15. The van der Waals surface area contributed by atoms with Crippen LogP contribution >= 0.6 is 35.6 Å². The molecule has 0 N–H and O–H groups in total. The van der Waals surface area contributed by atoms with Crippen molar-refractivity contribution in [2.24, 2.45) is 0 Å². The molecule has 0 unspecified atom stereocenters. The van der Waals surface area contributed by atoms with Crippen molar-refractivity contribution in [3.05, 3.63) is 28.8 Å². The zero-order valence-electron chi connectivity index (χ0n) is 7.08. The van der Waals surface area contributed by atoms with Crippen molar-refractivity contribution in [3.8, 4) is 0 Å². The van der Waals surface area contributed by atoms with E-state index in [9.17, 15) is 0 Å². The van der Waals surface area contributed by atoms with Gasteiger partial charge in [0.1, 0.15) is 0 Å². The lowest BCUT2D eigenvalue weighted by Crippen LogP contribution is -2.23. The number of rotatable bonds is 0. The standard InChI is InChI=1S/C9H8ClNS2/c1-11-5-13-9(12)7-3-2-6(10)4-8(7)11/h2-4H,5H2,1H3. The van der Waals surface area contributed by atoms with E-state index in [1.807, 2.05) is 25.2 Å². The molecule has 1 aromatic rings. The highest BCUT2D eigenvalue weighted by Gasteiger charge is 2.18. The molecule has 1 aromatic carbocycles. The molecule has 0 fully saturated rings. The maximum absolute atomic E-state index is 5.91. The van der Waals surface area contributed by atoms with E-state index in [1.165, 1.54) is 0 Å². The van der Waals surface area contributed by atoms with Gasteiger partial charge in [0.2, 0.25) is 0 Å². The Morgan fingerprint density at radius 1 is 1.54 bits per heavy atom. The minimum atomic E-state index is 0.764. The summed E-state index contributed by atoms with van der Waals surface area (Å²) in [6.45, 7) is 0. The Balaban J connectivity index is 2.57.